The Labute approximate surface area is 184 Å². The number of nitro groups is 1. The van der Waals surface area contributed by atoms with Gasteiger partial charge in [-0.1, -0.05) is 36.4 Å². The van der Waals surface area contributed by atoms with E-state index in [2.05, 4.69) is 4.98 Å². The Bertz CT molecular complexity index is 1410. The maximum absolute atomic E-state index is 13.5. The quantitative estimate of drug-likeness (QED) is 0.362. The van der Waals surface area contributed by atoms with E-state index in [0.29, 0.717) is 11.3 Å². The normalized spacial score (nSPS) is 10.8. The number of non-ortho nitro benzene ring substituents is 1. The van der Waals surface area contributed by atoms with Gasteiger partial charge in [0.2, 0.25) is 0 Å². The summed E-state index contributed by atoms with van der Waals surface area (Å²) in [7, 11) is 0. The van der Waals surface area contributed by atoms with E-state index in [-0.39, 0.29) is 23.4 Å². The molecule has 1 N–H and O–H groups in total. The van der Waals surface area contributed by atoms with Crippen molar-refractivity contribution in [1.29, 1.82) is 0 Å². The van der Waals surface area contributed by atoms with Crippen LogP contribution in [0.4, 0.5) is 11.4 Å². The van der Waals surface area contributed by atoms with Crippen LogP contribution in [0.1, 0.15) is 27.0 Å². The number of rotatable bonds is 5. The zero-order chi connectivity index (χ0) is 22.8. The first-order chi connectivity index (χ1) is 15.3. The number of nitro benzene ring substituents is 1. The maximum atomic E-state index is 13.5. The number of nitrogens with one attached hydrogen (secondary N) is 1. The number of amides is 1. The largest absolute Gasteiger partial charge is 0.322 e. The number of hydrogen-bond acceptors (Lipinski definition) is 4. The van der Waals surface area contributed by atoms with Crippen LogP contribution in [0.25, 0.3) is 10.9 Å². The monoisotopic (exact) mass is 427 g/mol. The number of hydrogen-bond donors (Lipinski definition) is 1. The van der Waals surface area contributed by atoms with Crippen LogP contribution in [0.2, 0.25) is 0 Å². The number of benzene rings is 3. The number of carbonyl (C=O) groups excluding carboxylic acids is 1. The first kappa shape index (κ1) is 21.0. The fourth-order valence-electron chi connectivity index (χ4n) is 3.69. The number of H-pyrrole nitrogens is 1. The average molecular weight is 427 g/mol. The maximum Gasteiger partial charge on any atom is 0.270 e. The standard InChI is InChI=1S/C25H21N3O4/c1-16-10-11-18-13-20(24(29)26-22(18)12-16)15-27(23-9-4-3-6-17(23)2)25(30)19-7-5-8-21(14-19)28(31)32/h3-14H,15H2,1-2H3,(H,26,29). The van der Waals surface area contributed by atoms with Crippen LogP contribution in [0.5, 0.6) is 0 Å². The molecule has 1 amide bonds. The summed E-state index contributed by atoms with van der Waals surface area (Å²) in [5, 5.41) is 12.0. The fraction of sp³-hybridized carbons (Fsp3) is 0.120. The Morgan fingerprint density at radius 3 is 2.53 bits per heavy atom. The molecule has 0 fully saturated rings. The van der Waals surface area contributed by atoms with E-state index in [0.717, 1.165) is 22.0 Å². The molecule has 0 atom stereocenters. The molecule has 3 aromatic carbocycles. The summed E-state index contributed by atoms with van der Waals surface area (Å²) < 4.78 is 0. The Morgan fingerprint density at radius 2 is 1.78 bits per heavy atom. The molecule has 0 radical (unpaired) electrons. The summed E-state index contributed by atoms with van der Waals surface area (Å²) in [6, 6.07) is 20.5. The third-order valence-electron chi connectivity index (χ3n) is 5.36. The van der Waals surface area contributed by atoms with Gasteiger partial charge < -0.3 is 9.88 Å². The zero-order valence-corrected chi connectivity index (χ0v) is 17.7. The first-order valence-electron chi connectivity index (χ1n) is 10.1. The van der Waals surface area contributed by atoms with Crippen LogP contribution < -0.4 is 10.5 Å². The highest BCUT2D eigenvalue weighted by Gasteiger charge is 2.22. The van der Waals surface area contributed by atoms with Crippen molar-refractivity contribution in [3.8, 4) is 0 Å². The predicted octanol–water partition coefficient (Wildman–Crippen LogP) is 4.90. The number of pyridine rings is 1. The zero-order valence-electron chi connectivity index (χ0n) is 17.7. The Kier molecular flexibility index (Phi) is 5.55. The highest BCUT2D eigenvalue weighted by atomic mass is 16.6. The van der Waals surface area contributed by atoms with E-state index >= 15 is 0 Å². The minimum Gasteiger partial charge on any atom is -0.322 e. The molecule has 0 bridgehead atoms. The summed E-state index contributed by atoms with van der Waals surface area (Å²) in [5.74, 6) is -0.425. The van der Waals surface area contributed by atoms with E-state index in [1.54, 1.807) is 12.1 Å². The molecule has 160 valence electrons. The topological polar surface area (TPSA) is 96.3 Å². The molecule has 7 nitrogen and oxygen atoms in total. The van der Waals surface area contributed by atoms with E-state index in [4.69, 9.17) is 0 Å². The molecular formula is C25H21N3O4. The van der Waals surface area contributed by atoms with Gasteiger partial charge >= 0.3 is 0 Å². The lowest BCUT2D eigenvalue weighted by atomic mass is 10.1. The number of para-hydroxylation sites is 1. The predicted molar refractivity (Wildman–Crippen MR) is 124 cm³/mol. The van der Waals surface area contributed by atoms with Crippen LogP contribution in [0, 0.1) is 24.0 Å². The number of aryl methyl sites for hydroxylation is 2. The number of fused-ring (bicyclic) bond motifs is 1. The molecule has 1 aromatic heterocycles. The van der Waals surface area contributed by atoms with Crippen LogP contribution in [-0.4, -0.2) is 15.8 Å². The van der Waals surface area contributed by atoms with Crippen molar-refractivity contribution in [2.24, 2.45) is 0 Å². The van der Waals surface area contributed by atoms with Crippen LogP contribution in [0.15, 0.2) is 77.6 Å². The minimum absolute atomic E-state index is 0.0194. The van der Waals surface area contributed by atoms with Crippen LogP contribution in [0.3, 0.4) is 0 Å². The average Bonchev–Trinajstić information content (AvgIpc) is 2.78. The van der Waals surface area contributed by atoms with Crippen molar-refractivity contribution >= 4 is 28.2 Å². The SMILES string of the molecule is Cc1ccc2cc(CN(C(=O)c3cccc([N+](=O)[O-])c3)c3ccccc3C)c(=O)[nH]c2c1. The second-order valence-corrected chi connectivity index (χ2v) is 7.70. The van der Waals surface area contributed by atoms with Gasteiger partial charge in [0.1, 0.15) is 0 Å². The van der Waals surface area contributed by atoms with E-state index < -0.39 is 10.8 Å². The number of nitrogens with zero attached hydrogens (tertiary/aromatic N) is 2. The summed E-state index contributed by atoms with van der Waals surface area (Å²) >= 11 is 0. The third kappa shape index (κ3) is 4.13. The fourth-order valence-corrected chi connectivity index (χ4v) is 3.69. The van der Waals surface area contributed by atoms with Gasteiger partial charge in [-0.2, -0.15) is 0 Å². The molecule has 0 spiro atoms. The van der Waals surface area contributed by atoms with Crippen molar-refractivity contribution in [2.75, 3.05) is 4.90 Å². The molecule has 4 rings (SSSR count). The van der Waals surface area contributed by atoms with Gasteiger partial charge in [-0.15, -0.1) is 0 Å². The molecule has 0 saturated carbocycles. The second kappa shape index (κ2) is 8.47. The Balaban J connectivity index is 1.81. The first-order valence-corrected chi connectivity index (χ1v) is 10.1. The smallest absolute Gasteiger partial charge is 0.270 e. The lowest BCUT2D eigenvalue weighted by Gasteiger charge is -2.24. The van der Waals surface area contributed by atoms with E-state index in [1.807, 2.05) is 50.2 Å². The molecular weight excluding hydrogens is 406 g/mol. The summed E-state index contributed by atoms with van der Waals surface area (Å²) in [4.78, 5) is 41.3. The number of aromatic amines is 1. The van der Waals surface area contributed by atoms with Crippen molar-refractivity contribution < 1.29 is 9.72 Å². The molecule has 1 heterocycles. The molecule has 0 aliphatic carbocycles. The Morgan fingerprint density at radius 1 is 1.00 bits per heavy atom. The molecule has 0 aliphatic rings. The lowest BCUT2D eigenvalue weighted by Crippen LogP contribution is -2.33. The summed E-state index contributed by atoms with van der Waals surface area (Å²) in [6.07, 6.45) is 0. The molecule has 32 heavy (non-hydrogen) atoms. The van der Waals surface area contributed by atoms with Crippen LogP contribution in [-0.2, 0) is 6.54 Å². The second-order valence-electron chi connectivity index (χ2n) is 7.70. The number of anilines is 1. The highest BCUT2D eigenvalue weighted by molar-refractivity contribution is 6.06. The van der Waals surface area contributed by atoms with Crippen molar-refractivity contribution in [3.63, 3.8) is 0 Å². The number of aromatic nitrogens is 1. The van der Waals surface area contributed by atoms with Gasteiger partial charge in [-0.05, 0) is 54.6 Å². The molecule has 4 aromatic rings. The van der Waals surface area contributed by atoms with Crippen molar-refractivity contribution in [1.82, 2.24) is 4.98 Å². The Hall–Kier alpha value is -4.26. The summed E-state index contributed by atoms with van der Waals surface area (Å²) in [5.41, 5.74) is 3.38. The van der Waals surface area contributed by atoms with Crippen molar-refractivity contribution in [2.45, 2.75) is 20.4 Å². The van der Waals surface area contributed by atoms with E-state index in [1.165, 1.54) is 29.2 Å². The van der Waals surface area contributed by atoms with Crippen LogP contribution >= 0.6 is 0 Å². The molecule has 0 aliphatic heterocycles. The highest BCUT2D eigenvalue weighted by Crippen LogP contribution is 2.25. The van der Waals surface area contributed by atoms with Gasteiger partial charge in [0, 0.05) is 34.5 Å². The number of carbonyl (C=O) groups is 1. The van der Waals surface area contributed by atoms with Gasteiger partial charge in [0.25, 0.3) is 17.2 Å². The minimum atomic E-state index is -0.537. The lowest BCUT2D eigenvalue weighted by molar-refractivity contribution is -0.384. The van der Waals surface area contributed by atoms with Gasteiger partial charge in [-0.3, -0.25) is 19.7 Å². The van der Waals surface area contributed by atoms with E-state index in [9.17, 15) is 19.7 Å². The van der Waals surface area contributed by atoms with Gasteiger partial charge in [0.15, 0.2) is 0 Å². The van der Waals surface area contributed by atoms with Gasteiger partial charge in [0.05, 0.1) is 11.5 Å². The molecule has 7 heteroatoms. The third-order valence-corrected chi connectivity index (χ3v) is 5.36. The summed E-state index contributed by atoms with van der Waals surface area (Å²) in [6.45, 7) is 3.84. The molecule has 0 saturated heterocycles. The molecule has 0 unspecified atom stereocenters. The van der Waals surface area contributed by atoms with Crippen molar-refractivity contribution in [3.05, 3.63) is 116 Å². The van der Waals surface area contributed by atoms with Gasteiger partial charge in [-0.25, -0.2) is 0 Å².